The van der Waals surface area contributed by atoms with Crippen LogP contribution in [0.4, 0.5) is 0 Å². The summed E-state index contributed by atoms with van der Waals surface area (Å²) < 4.78 is 6.25. The van der Waals surface area contributed by atoms with Gasteiger partial charge in [-0.1, -0.05) is 32.9 Å². The van der Waals surface area contributed by atoms with Crippen molar-refractivity contribution in [1.29, 1.82) is 0 Å². The Bertz CT molecular complexity index is 362. The van der Waals surface area contributed by atoms with Gasteiger partial charge in [-0.15, -0.1) is 0 Å². The van der Waals surface area contributed by atoms with Gasteiger partial charge in [0.1, 0.15) is 0 Å². The van der Waals surface area contributed by atoms with Gasteiger partial charge in [0, 0.05) is 18.3 Å². The maximum atomic E-state index is 10.8. The third-order valence-corrected chi connectivity index (χ3v) is 5.58. The molecule has 0 amide bonds. The molecule has 2 saturated heterocycles. The summed E-state index contributed by atoms with van der Waals surface area (Å²) in [7, 11) is 0. The van der Waals surface area contributed by atoms with Crippen LogP contribution < -0.4 is 0 Å². The van der Waals surface area contributed by atoms with Gasteiger partial charge in [-0.25, -0.2) is 0 Å². The van der Waals surface area contributed by atoms with Crippen LogP contribution in [0.3, 0.4) is 0 Å². The molecule has 1 aliphatic carbocycles. The summed E-state index contributed by atoms with van der Waals surface area (Å²) in [5.74, 6) is 0.852. The number of fused-ring (bicyclic) bond motifs is 1. The van der Waals surface area contributed by atoms with Crippen molar-refractivity contribution in [3.8, 4) is 0 Å². The van der Waals surface area contributed by atoms with Crippen LogP contribution >= 0.6 is 0 Å². The minimum Gasteiger partial charge on any atom is -0.365 e. The molecule has 0 unspecified atom stereocenters. The van der Waals surface area contributed by atoms with Gasteiger partial charge in [-0.05, 0) is 31.1 Å². The molecule has 5 atom stereocenters. The van der Waals surface area contributed by atoms with Crippen molar-refractivity contribution in [3.63, 3.8) is 0 Å². The van der Waals surface area contributed by atoms with Gasteiger partial charge in [0.2, 0.25) is 0 Å². The van der Waals surface area contributed by atoms with E-state index in [-0.39, 0.29) is 11.5 Å². The van der Waals surface area contributed by atoms with E-state index in [0.717, 1.165) is 6.42 Å². The van der Waals surface area contributed by atoms with Crippen LogP contribution in [0.25, 0.3) is 0 Å². The van der Waals surface area contributed by atoms with Gasteiger partial charge >= 0.3 is 0 Å². The molecule has 0 radical (unpaired) electrons. The molecule has 0 aromatic rings. The molecular weight excluding hydrogens is 212 g/mol. The second-order valence-electron chi connectivity index (χ2n) is 6.82. The number of hydrogen-bond acceptors (Lipinski definition) is 2. The summed E-state index contributed by atoms with van der Waals surface area (Å²) in [6, 6.07) is 0. The Balaban J connectivity index is 2.04. The van der Waals surface area contributed by atoms with E-state index in [1.54, 1.807) is 0 Å². The molecule has 2 heteroatoms. The fraction of sp³-hybridized carbons (Fsp3) is 0.867. The zero-order valence-electron chi connectivity index (χ0n) is 11.2. The average molecular weight is 236 g/mol. The van der Waals surface area contributed by atoms with Crippen LogP contribution in [0.2, 0.25) is 0 Å². The molecule has 2 heterocycles. The summed E-state index contributed by atoms with van der Waals surface area (Å²) in [5.41, 5.74) is 1.13. The van der Waals surface area contributed by atoms with Gasteiger partial charge < -0.3 is 9.84 Å². The first-order valence-electron chi connectivity index (χ1n) is 6.99. The van der Waals surface area contributed by atoms with Gasteiger partial charge in [-0.2, -0.15) is 0 Å². The molecule has 1 spiro atoms. The number of ether oxygens (including phenoxy) is 1. The van der Waals surface area contributed by atoms with E-state index < -0.39 is 5.79 Å². The summed E-state index contributed by atoms with van der Waals surface area (Å²) in [6.07, 6.45) is 4.08. The van der Waals surface area contributed by atoms with E-state index in [9.17, 15) is 5.11 Å². The normalized spacial score (nSPS) is 53.2. The molecule has 0 aromatic carbocycles. The highest BCUT2D eigenvalue weighted by Gasteiger charge is 2.66. The number of hydrogen-bond donors (Lipinski definition) is 1. The molecule has 2 nitrogen and oxygen atoms in total. The summed E-state index contributed by atoms with van der Waals surface area (Å²) in [6.45, 7) is 10.9. The first-order chi connectivity index (χ1) is 7.89. The molecule has 17 heavy (non-hydrogen) atoms. The van der Waals surface area contributed by atoms with Crippen LogP contribution in [-0.4, -0.2) is 16.5 Å². The lowest BCUT2D eigenvalue weighted by Gasteiger charge is -2.43. The van der Waals surface area contributed by atoms with Gasteiger partial charge in [-0.3, -0.25) is 0 Å². The summed E-state index contributed by atoms with van der Waals surface area (Å²) in [4.78, 5) is 0. The highest BCUT2D eigenvalue weighted by molar-refractivity contribution is 5.24. The minimum atomic E-state index is -0.930. The Morgan fingerprint density at radius 2 is 2.12 bits per heavy atom. The molecule has 96 valence electrons. The van der Waals surface area contributed by atoms with Crippen LogP contribution in [0, 0.1) is 23.7 Å². The Morgan fingerprint density at radius 3 is 2.76 bits per heavy atom. The molecule has 3 aliphatic rings. The topological polar surface area (TPSA) is 29.5 Å². The molecule has 2 bridgehead atoms. The zero-order chi connectivity index (χ0) is 12.4. The fourth-order valence-electron chi connectivity index (χ4n) is 4.64. The lowest BCUT2D eigenvalue weighted by molar-refractivity contribution is -0.269. The van der Waals surface area contributed by atoms with E-state index in [1.165, 1.54) is 18.4 Å². The van der Waals surface area contributed by atoms with Gasteiger partial charge in [0.15, 0.2) is 5.79 Å². The number of aliphatic hydroxyl groups is 1. The van der Waals surface area contributed by atoms with Crippen molar-refractivity contribution in [2.24, 2.45) is 23.7 Å². The third-order valence-electron chi connectivity index (χ3n) is 5.58. The smallest absolute Gasteiger partial charge is 0.173 e. The van der Waals surface area contributed by atoms with Gasteiger partial charge in [0.25, 0.3) is 0 Å². The number of rotatable bonds is 1. The minimum absolute atomic E-state index is 0.0982. The highest BCUT2D eigenvalue weighted by Crippen LogP contribution is 2.63. The van der Waals surface area contributed by atoms with Crippen LogP contribution in [0.15, 0.2) is 12.2 Å². The third kappa shape index (κ3) is 1.34. The molecule has 3 rings (SSSR count). The van der Waals surface area contributed by atoms with E-state index >= 15 is 0 Å². The Hall–Kier alpha value is -0.340. The quantitative estimate of drug-likeness (QED) is 0.709. The van der Waals surface area contributed by atoms with Crippen molar-refractivity contribution in [2.75, 3.05) is 0 Å². The fourth-order valence-corrected chi connectivity index (χ4v) is 4.64. The van der Waals surface area contributed by atoms with Crippen molar-refractivity contribution in [3.05, 3.63) is 12.2 Å². The maximum Gasteiger partial charge on any atom is 0.173 e. The average Bonchev–Trinajstić information content (AvgIpc) is 2.65. The molecule has 1 saturated carbocycles. The molecule has 2 aliphatic heterocycles. The molecule has 0 aromatic heterocycles. The SMILES string of the molecule is C=C1C[C@@]2(O)O[C@@]3(C[C@@H]2C(C)C)[C@H](C)CC[C@H]13. The highest BCUT2D eigenvalue weighted by atomic mass is 16.6. The molecular formula is C15H24O2. The Labute approximate surface area is 104 Å². The Morgan fingerprint density at radius 1 is 1.41 bits per heavy atom. The maximum absolute atomic E-state index is 10.8. The van der Waals surface area contributed by atoms with Crippen LogP contribution in [-0.2, 0) is 4.74 Å². The summed E-state index contributed by atoms with van der Waals surface area (Å²) >= 11 is 0. The standard InChI is InChI=1S/C15H24O2/c1-9(2)13-8-14-11(4)5-6-12(14)10(3)7-15(13,16)17-14/h9,11-13,16H,3,5-8H2,1-2,4H3/t11-,12-,13-,14+,15-/m1/s1. The predicted octanol–water partition coefficient (Wildman–Crippen LogP) is 3.11. The van der Waals surface area contributed by atoms with Crippen molar-refractivity contribution in [2.45, 2.75) is 57.8 Å². The largest absolute Gasteiger partial charge is 0.365 e. The van der Waals surface area contributed by atoms with E-state index in [2.05, 4.69) is 27.4 Å². The Kier molecular flexibility index (Phi) is 2.32. The van der Waals surface area contributed by atoms with E-state index in [4.69, 9.17) is 4.74 Å². The van der Waals surface area contributed by atoms with E-state index in [1.807, 2.05) is 0 Å². The lowest BCUT2D eigenvalue weighted by Crippen LogP contribution is -2.48. The van der Waals surface area contributed by atoms with Crippen LogP contribution in [0.1, 0.15) is 46.5 Å². The molecule has 1 N–H and O–H groups in total. The van der Waals surface area contributed by atoms with Crippen LogP contribution in [0.5, 0.6) is 0 Å². The lowest BCUT2D eigenvalue weighted by atomic mass is 9.77. The second kappa shape index (κ2) is 3.36. The zero-order valence-corrected chi connectivity index (χ0v) is 11.2. The van der Waals surface area contributed by atoms with Crippen molar-refractivity contribution >= 4 is 0 Å². The molecule has 3 fully saturated rings. The first kappa shape index (κ1) is 11.7. The van der Waals surface area contributed by atoms with Gasteiger partial charge in [0.05, 0.1) is 5.60 Å². The summed E-state index contributed by atoms with van der Waals surface area (Å²) in [5, 5.41) is 10.8. The van der Waals surface area contributed by atoms with Crippen molar-refractivity contribution in [1.82, 2.24) is 0 Å². The monoisotopic (exact) mass is 236 g/mol. The van der Waals surface area contributed by atoms with E-state index in [0.29, 0.717) is 24.2 Å². The predicted molar refractivity (Wildman–Crippen MR) is 67.4 cm³/mol. The second-order valence-corrected chi connectivity index (χ2v) is 6.82. The van der Waals surface area contributed by atoms with Crippen molar-refractivity contribution < 1.29 is 9.84 Å². The first-order valence-corrected chi connectivity index (χ1v) is 6.99.